The summed E-state index contributed by atoms with van der Waals surface area (Å²) in [6, 6.07) is 8.34. The van der Waals surface area contributed by atoms with Crippen LogP contribution in [0.5, 0.6) is 0 Å². The third kappa shape index (κ3) is 3.50. The molecule has 3 nitrogen and oxygen atoms in total. The minimum absolute atomic E-state index is 0.160. The molecule has 1 atom stereocenters. The predicted molar refractivity (Wildman–Crippen MR) is 93.4 cm³/mol. The van der Waals surface area contributed by atoms with E-state index in [0.29, 0.717) is 16.5 Å². The highest BCUT2D eigenvalue weighted by Gasteiger charge is 2.21. The van der Waals surface area contributed by atoms with Gasteiger partial charge in [0.15, 0.2) is 0 Å². The first-order valence-corrected chi connectivity index (χ1v) is 8.50. The van der Waals surface area contributed by atoms with Gasteiger partial charge in [-0.15, -0.1) is 11.3 Å². The van der Waals surface area contributed by atoms with Crippen LogP contribution in [0.15, 0.2) is 29.6 Å². The number of carbonyl (C=O) groups excluding carboxylic acids is 1. The fourth-order valence-corrected chi connectivity index (χ4v) is 3.11. The SMILES string of the molecule is CC[C@H](C)c1ccc(-c2csc(N)c2C(=O)OC(C)C)cc1. The van der Waals surface area contributed by atoms with Crippen molar-refractivity contribution in [2.75, 3.05) is 5.73 Å². The number of rotatable bonds is 5. The Morgan fingerprint density at radius 1 is 1.23 bits per heavy atom. The van der Waals surface area contributed by atoms with Crippen LogP contribution in [0.2, 0.25) is 0 Å². The number of hydrogen-bond acceptors (Lipinski definition) is 4. The Morgan fingerprint density at radius 3 is 2.41 bits per heavy atom. The summed E-state index contributed by atoms with van der Waals surface area (Å²) in [5.74, 6) is 0.182. The van der Waals surface area contributed by atoms with Gasteiger partial charge in [-0.2, -0.15) is 0 Å². The van der Waals surface area contributed by atoms with E-state index in [2.05, 4.69) is 38.1 Å². The molecule has 2 rings (SSSR count). The first-order chi connectivity index (χ1) is 10.4. The second kappa shape index (κ2) is 6.97. The molecule has 2 N–H and O–H groups in total. The highest BCUT2D eigenvalue weighted by Crippen LogP contribution is 2.35. The van der Waals surface area contributed by atoms with Crippen LogP contribution in [0, 0.1) is 0 Å². The van der Waals surface area contributed by atoms with Gasteiger partial charge in [-0.1, -0.05) is 38.1 Å². The number of hydrogen-bond donors (Lipinski definition) is 1. The highest BCUT2D eigenvalue weighted by atomic mass is 32.1. The van der Waals surface area contributed by atoms with E-state index in [1.54, 1.807) is 0 Å². The van der Waals surface area contributed by atoms with Crippen molar-refractivity contribution in [3.05, 3.63) is 40.8 Å². The Labute approximate surface area is 136 Å². The second-order valence-corrected chi connectivity index (χ2v) is 6.69. The molecule has 0 spiro atoms. The van der Waals surface area contributed by atoms with E-state index in [-0.39, 0.29) is 12.1 Å². The Bertz CT molecular complexity index is 644. The van der Waals surface area contributed by atoms with Gasteiger partial charge < -0.3 is 10.5 Å². The minimum atomic E-state index is -0.352. The number of anilines is 1. The number of nitrogen functional groups attached to an aromatic ring is 1. The molecule has 0 fully saturated rings. The molecule has 1 aromatic carbocycles. The number of ether oxygens (including phenoxy) is 1. The van der Waals surface area contributed by atoms with Crippen LogP contribution < -0.4 is 5.73 Å². The van der Waals surface area contributed by atoms with Gasteiger partial charge in [0.2, 0.25) is 0 Å². The summed E-state index contributed by atoms with van der Waals surface area (Å²) in [4.78, 5) is 12.3. The third-order valence-corrected chi connectivity index (χ3v) is 4.58. The van der Waals surface area contributed by atoms with Gasteiger partial charge in [-0.3, -0.25) is 0 Å². The van der Waals surface area contributed by atoms with Crippen molar-refractivity contribution < 1.29 is 9.53 Å². The molecule has 0 amide bonds. The minimum Gasteiger partial charge on any atom is -0.459 e. The first kappa shape index (κ1) is 16.6. The molecule has 0 saturated heterocycles. The predicted octanol–water partition coefficient (Wildman–Crippen LogP) is 5.08. The fraction of sp³-hybridized carbons (Fsp3) is 0.389. The average molecular weight is 317 g/mol. The Morgan fingerprint density at radius 2 is 1.86 bits per heavy atom. The second-order valence-electron chi connectivity index (χ2n) is 5.77. The molecule has 4 heteroatoms. The van der Waals surface area contributed by atoms with E-state index in [4.69, 9.17) is 10.5 Å². The maximum Gasteiger partial charge on any atom is 0.342 e. The molecule has 2 aromatic rings. The van der Waals surface area contributed by atoms with Crippen molar-refractivity contribution >= 4 is 22.3 Å². The van der Waals surface area contributed by atoms with Crippen molar-refractivity contribution in [1.29, 1.82) is 0 Å². The summed E-state index contributed by atoms with van der Waals surface area (Å²) in [5.41, 5.74) is 9.61. The highest BCUT2D eigenvalue weighted by molar-refractivity contribution is 7.14. The average Bonchev–Trinajstić information content (AvgIpc) is 2.87. The Balaban J connectivity index is 2.35. The van der Waals surface area contributed by atoms with Gasteiger partial charge in [0.25, 0.3) is 0 Å². The van der Waals surface area contributed by atoms with Crippen LogP contribution in [0.1, 0.15) is 56.0 Å². The molecule has 22 heavy (non-hydrogen) atoms. The van der Waals surface area contributed by atoms with Crippen molar-refractivity contribution in [2.24, 2.45) is 0 Å². The summed E-state index contributed by atoms with van der Waals surface area (Å²) in [6.07, 6.45) is 0.948. The van der Waals surface area contributed by atoms with Crippen molar-refractivity contribution in [1.82, 2.24) is 0 Å². The molecule has 0 unspecified atom stereocenters. The van der Waals surface area contributed by atoms with Crippen LogP contribution in [0.3, 0.4) is 0 Å². The zero-order valence-corrected chi connectivity index (χ0v) is 14.4. The van der Waals surface area contributed by atoms with E-state index < -0.39 is 0 Å². The molecule has 0 aliphatic carbocycles. The number of benzene rings is 1. The largest absolute Gasteiger partial charge is 0.459 e. The lowest BCUT2D eigenvalue weighted by Crippen LogP contribution is -2.13. The lowest BCUT2D eigenvalue weighted by Gasteiger charge is -2.11. The van der Waals surface area contributed by atoms with Gasteiger partial charge in [0, 0.05) is 10.9 Å². The van der Waals surface area contributed by atoms with Crippen LogP contribution in [-0.4, -0.2) is 12.1 Å². The van der Waals surface area contributed by atoms with Crippen molar-refractivity contribution in [3.8, 4) is 11.1 Å². The maximum atomic E-state index is 12.3. The number of thiophene rings is 1. The van der Waals surface area contributed by atoms with Gasteiger partial charge in [-0.05, 0) is 37.3 Å². The molecule has 1 aromatic heterocycles. The normalized spacial score (nSPS) is 12.4. The maximum absolute atomic E-state index is 12.3. The summed E-state index contributed by atoms with van der Waals surface area (Å²) in [6.45, 7) is 8.06. The molecule has 1 heterocycles. The van der Waals surface area contributed by atoms with Crippen molar-refractivity contribution in [3.63, 3.8) is 0 Å². The third-order valence-electron chi connectivity index (χ3n) is 3.77. The molecule has 0 aliphatic heterocycles. The lowest BCUT2D eigenvalue weighted by atomic mass is 9.95. The Kier molecular flexibility index (Phi) is 5.24. The number of carbonyl (C=O) groups is 1. The smallest absolute Gasteiger partial charge is 0.342 e. The summed E-state index contributed by atoms with van der Waals surface area (Å²) in [5, 5.41) is 2.43. The molecule has 0 bridgehead atoms. The summed E-state index contributed by atoms with van der Waals surface area (Å²) in [7, 11) is 0. The van der Waals surface area contributed by atoms with Crippen LogP contribution in [0.4, 0.5) is 5.00 Å². The van der Waals surface area contributed by atoms with Crippen LogP contribution in [-0.2, 0) is 4.74 Å². The van der Waals surface area contributed by atoms with E-state index in [9.17, 15) is 4.79 Å². The van der Waals surface area contributed by atoms with Crippen LogP contribution >= 0.6 is 11.3 Å². The van der Waals surface area contributed by atoms with Gasteiger partial charge in [0.05, 0.1) is 6.10 Å². The lowest BCUT2D eigenvalue weighted by molar-refractivity contribution is 0.0380. The fourth-order valence-electron chi connectivity index (χ4n) is 2.30. The molecule has 0 saturated carbocycles. The topological polar surface area (TPSA) is 52.3 Å². The molecule has 118 valence electrons. The number of nitrogens with two attached hydrogens (primary N) is 1. The van der Waals surface area contributed by atoms with Crippen molar-refractivity contribution in [2.45, 2.75) is 46.1 Å². The molecule has 0 aliphatic rings. The monoisotopic (exact) mass is 317 g/mol. The molecular formula is C18H23NO2S. The molecular weight excluding hydrogens is 294 g/mol. The first-order valence-electron chi connectivity index (χ1n) is 7.62. The standard InChI is InChI=1S/C18H23NO2S/c1-5-12(4)13-6-8-14(9-7-13)15-10-22-17(19)16(15)18(20)21-11(2)3/h6-12H,5,19H2,1-4H3/t12-/m0/s1. The number of esters is 1. The summed E-state index contributed by atoms with van der Waals surface area (Å²) < 4.78 is 5.30. The molecule has 0 radical (unpaired) electrons. The van der Waals surface area contributed by atoms with Gasteiger partial charge >= 0.3 is 5.97 Å². The van der Waals surface area contributed by atoms with E-state index in [1.807, 2.05) is 19.2 Å². The zero-order valence-electron chi connectivity index (χ0n) is 13.6. The quantitative estimate of drug-likeness (QED) is 0.783. The van der Waals surface area contributed by atoms with E-state index in [1.165, 1.54) is 16.9 Å². The van der Waals surface area contributed by atoms with Gasteiger partial charge in [0.1, 0.15) is 10.6 Å². The van der Waals surface area contributed by atoms with E-state index in [0.717, 1.165) is 17.5 Å². The van der Waals surface area contributed by atoms with E-state index >= 15 is 0 Å². The van der Waals surface area contributed by atoms with Crippen LogP contribution in [0.25, 0.3) is 11.1 Å². The zero-order chi connectivity index (χ0) is 16.3. The van der Waals surface area contributed by atoms with Gasteiger partial charge in [-0.25, -0.2) is 4.79 Å². The summed E-state index contributed by atoms with van der Waals surface area (Å²) >= 11 is 1.37. The Hall–Kier alpha value is -1.81.